The average Bonchev–Trinajstić information content (AvgIpc) is 3.42. The molecule has 9 heteroatoms. The molecule has 2 aliphatic rings. The van der Waals surface area contributed by atoms with Crippen LogP contribution < -0.4 is 0 Å². The summed E-state index contributed by atoms with van der Waals surface area (Å²) in [4.78, 5) is 27.1. The van der Waals surface area contributed by atoms with Crippen LogP contribution in [0, 0.1) is 17.7 Å². The number of hydrogen-bond donors (Lipinski definition) is 1. The highest BCUT2D eigenvalue weighted by Crippen LogP contribution is 2.34. The maximum atomic E-state index is 14.6. The fourth-order valence-corrected chi connectivity index (χ4v) is 5.05. The molecule has 32 heavy (non-hydrogen) atoms. The van der Waals surface area contributed by atoms with E-state index >= 15 is 0 Å². The van der Waals surface area contributed by atoms with Crippen LogP contribution in [0.5, 0.6) is 0 Å². The molecule has 1 saturated carbocycles. The molecule has 0 radical (unpaired) electrons. The lowest BCUT2D eigenvalue weighted by Crippen LogP contribution is -2.31. The van der Waals surface area contributed by atoms with Crippen molar-refractivity contribution in [3.8, 4) is 11.5 Å². The number of aromatic amines is 1. The van der Waals surface area contributed by atoms with Crippen LogP contribution >= 0.6 is 0 Å². The molecule has 3 aromatic rings. The molecule has 168 valence electrons. The van der Waals surface area contributed by atoms with Crippen LogP contribution in [0.1, 0.15) is 44.2 Å². The van der Waals surface area contributed by atoms with E-state index in [1.54, 1.807) is 11.1 Å². The third-order valence-corrected chi connectivity index (χ3v) is 6.69. The van der Waals surface area contributed by atoms with Gasteiger partial charge in [-0.15, -0.1) is 0 Å². The quantitative estimate of drug-likeness (QED) is 0.651. The first-order valence-corrected chi connectivity index (χ1v) is 11.3. The maximum Gasteiger partial charge on any atom is 0.222 e. The van der Waals surface area contributed by atoms with Gasteiger partial charge in [0, 0.05) is 24.5 Å². The van der Waals surface area contributed by atoms with Crippen LogP contribution in [-0.4, -0.2) is 55.2 Å². The number of carbonyl (C=O) groups is 1. The summed E-state index contributed by atoms with van der Waals surface area (Å²) in [6, 6.07) is 3.69. The molecule has 1 saturated heterocycles. The summed E-state index contributed by atoms with van der Waals surface area (Å²) in [7, 11) is 0. The molecule has 7 nitrogen and oxygen atoms in total. The SMILES string of the molecule is O=C(C[C@@H]1CCC[C@H](Cc2nc(-c3[nH]nc4ncccc34)ncc2F)C1)N1CC[C@@H](F)C1. The zero-order chi connectivity index (χ0) is 22.1. The number of hydrogen-bond acceptors (Lipinski definition) is 5. The minimum absolute atomic E-state index is 0.0473. The predicted octanol–water partition coefficient (Wildman–Crippen LogP) is 3.86. The molecule has 3 aromatic heterocycles. The highest BCUT2D eigenvalue weighted by atomic mass is 19.1. The minimum atomic E-state index is -0.893. The molecule has 1 aliphatic heterocycles. The lowest BCUT2D eigenvalue weighted by Gasteiger charge is -2.30. The number of alkyl halides is 1. The van der Waals surface area contributed by atoms with Crippen molar-refractivity contribution in [2.24, 2.45) is 11.8 Å². The standard InChI is InChI=1S/C23H26F2N6O/c24-16-6-8-31(13-16)20(32)11-15-4-1-3-14(9-15)10-19-18(25)12-27-23(28-19)21-17-5-2-7-26-22(17)30-29-21/h2,5,7,12,14-16H,1,3-4,6,8-11,13H2,(H,26,29,30)/t14-,15+,16+/m0/s1. The van der Waals surface area contributed by atoms with Crippen molar-refractivity contribution in [2.75, 3.05) is 13.1 Å². The van der Waals surface area contributed by atoms with Crippen molar-refractivity contribution in [2.45, 2.75) is 51.1 Å². The minimum Gasteiger partial charge on any atom is -0.340 e. The Morgan fingerprint density at radius 1 is 1.22 bits per heavy atom. The second-order valence-electron chi connectivity index (χ2n) is 8.99. The number of H-pyrrole nitrogens is 1. The number of aromatic nitrogens is 5. The molecule has 1 aliphatic carbocycles. The van der Waals surface area contributed by atoms with Crippen LogP contribution in [0.25, 0.3) is 22.6 Å². The number of pyridine rings is 1. The number of nitrogens with zero attached hydrogens (tertiary/aromatic N) is 5. The Kier molecular flexibility index (Phi) is 5.80. The summed E-state index contributed by atoms with van der Waals surface area (Å²) in [5.41, 5.74) is 1.57. The highest BCUT2D eigenvalue weighted by Gasteiger charge is 2.30. The van der Waals surface area contributed by atoms with Crippen LogP contribution in [-0.2, 0) is 11.2 Å². The monoisotopic (exact) mass is 440 g/mol. The van der Waals surface area contributed by atoms with Gasteiger partial charge in [-0.05, 0) is 49.7 Å². The van der Waals surface area contributed by atoms with Crippen molar-refractivity contribution >= 4 is 16.9 Å². The number of likely N-dealkylation sites (tertiary alicyclic amines) is 1. The zero-order valence-corrected chi connectivity index (χ0v) is 17.8. The Hall–Kier alpha value is -2.97. The van der Waals surface area contributed by atoms with E-state index in [9.17, 15) is 13.6 Å². The third kappa shape index (κ3) is 4.33. The summed E-state index contributed by atoms with van der Waals surface area (Å²) >= 11 is 0. The number of halogens is 2. The lowest BCUT2D eigenvalue weighted by atomic mass is 9.77. The van der Waals surface area contributed by atoms with Crippen LogP contribution in [0.4, 0.5) is 8.78 Å². The molecule has 3 atom stereocenters. The van der Waals surface area contributed by atoms with Crippen molar-refractivity contribution in [3.05, 3.63) is 36.0 Å². The Morgan fingerprint density at radius 2 is 2.09 bits per heavy atom. The van der Waals surface area contributed by atoms with Crippen LogP contribution in [0.3, 0.4) is 0 Å². The number of amides is 1. The molecule has 1 N–H and O–H groups in total. The highest BCUT2D eigenvalue weighted by molar-refractivity contribution is 5.88. The molecule has 0 spiro atoms. The Balaban J connectivity index is 1.27. The first-order valence-electron chi connectivity index (χ1n) is 11.3. The summed E-state index contributed by atoms with van der Waals surface area (Å²) in [6.45, 7) is 0.741. The van der Waals surface area contributed by atoms with E-state index in [0.29, 0.717) is 48.7 Å². The second kappa shape index (κ2) is 8.88. The molecule has 5 rings (SSSR count). The van der Waals surface area contributed by atoms with E-state index in [2.05, 4.69) is 25.1 Å². The van der Waals surface area contributed by atoms with Gasteiger partial charge >= 0.3 is 0 Å². The fourth-order valence-electron chi connectivity index (χ4n) is 5.05. The van der Waals surface area contributed by atoms with E-state index in [-0.39, 0.29) is 24.3 Å². The molecule has 0 aromatic carbocycles. The largest absolute Gasteiger partial charge is 0.340 e. The van der Waals surface area contributed by atoms with Gasteiger partial charge in [-0.2, -0.15) is 5.10 Å². The number of fused-ring (bicyclic) bond motifs is 1. The van der Waals surface area contributed by atoms with Gasteiger partial charge in [-0.3, -0.25) is 9.89 Å². The van der Waals surface area contributed by atoms with Gasteiger partial charge in [0.15, 0.2) is 17.3 Å². The smallest absolute Gasteiger partial charge is 0.222 e. The molecular formula is C23H26F2N6O. The first kappa shape index (κ1) is 20.9. The summed E-state index contributed by atoms with van der Waals surface area (Å²) in [6.07, 6.45) is 7.21. The number of carbonyl (C=O) groups excluding carboxylic acids is 1. The van der Waals surface area contributed by atoms with E-state index in [1.807, 2.05) is 12.1 Å². The molecule has 4 heterocycles. The normalized spacial score (nSPS) is 23.7. The second-order valence-corrected chi connectivity index (χ2v) is 8.99. The summed E-state index contributed by atoms with van der Waals surface area (Å²) in [5, 5.41) is 7.87. The number of rotatable bonds is 5. The third-order valence-electron chi connectivity index (χ3n) is 6.69. The van der Waals surface area contributed by atoms with E-state index < -0.39 is 12.0 Å². The van der Waals surface area contributed by atoms with Gasteiger partial charge in [0.05, 0.1) is 18.4 Å². The van der Waals surface area contributed by atoms with Crippen molar-refractivity contribution in [1.82, 2.24) is 30.0 Å². The topological polar surface area (TPSA) is 87.7 Å². The van der Waals surface area contributed by atoms with Gasteiger partial charge in [-0.1, -0.05) is 12.8 Å². The van der Waals surface area contributed by atoms with Gasteiger partial charge in [-0.25, -0.2) is 23.7 Å². The molecule has 2 fully saturated rings. The molecule has 0 unspecified atom stereocenters. The van der Waals surface area contributed by atoms with Crippen LogP contribution in [0.15, 0.2) is 24.5 Å². The Labute approximate surface area is 184 Å². The fraction of sp³-hybridized carbons (Fsp3) is 0.522. The van der Waals surface area contributed by atoms with Gasteiger partial charge < -0.3 is 4.90 Å². The summed E-state index contributed by atoms with van der Waals surface area (Å²) in [5.74, 6) is 0.540. The van der Waals surface area contributed by atoms with Gasteiger partial charge in [0.25, 0.3) is 0 Å². The van der Waals surface area contributed by atoms with Crippen molar-refractivity contribution < 1.29 is 13.6 Å². The molecule has 1 amide bonds. The van der Waals surface area contributed by atoms with Crippen LogP contribution in [0.2, 0.25) is 0 Å². The van der Waals surface area contributed by atoms with Gasteiger partial charge in [0.2, 0.25) is 5.91 Å². The average molecular weight is 440 g/mol. The lowest BCUT2D eigenvalue weighted by molar-refractivity contribution is -0.131. The van der Waals surface area contributed by atoms with Crippen molar-refractivity contribution in [3.63, 3.8) is 0 Å². The maximum absolute atomic E-state index is 14.6. The molecule has 0 bridgehead atoms. The molecular weight excluding hydrogens is 414 g/mol. The first-order chi connectivity index (χ1) is 15.6. The van der Waals surface area contributed by atoms with E-state index in [1.165, 1.54) is 6.20 Å². The summed E-state index contributed by atoms with van der Waals surface area (Å²) < 4.78 is 28.0. The van der Waals surface area contributed by atoms with Crippen molar-refractivity contribution in [1.29, 1.82) is 0 Å². The van der Waals surface area contributed by atoms with E-state index in [4.69, 9.17) is 0 Å². The Morgan fingerprint density at radius 3 is 2.94 bits per heavy atom. The zero-order valence-electron chi connectivity index (χ0n) is 17.8. The number of nitrogens with one attached hydrogen (secondary N) is 1. The Bertz CT molecular complexity index is 1120. The predicted molar refractivity (Wildman–Crippen MR) is 115 cm³/mol. The van der Waals surface area contributed by atoms with E-state index in [0.717, 1.165) is 31.1 Å². The van der Waals surface area contributed by atoms with Gasteiger partial charge in [0.1, 0.15) is 11.9 Å².